The minimum absolute atomic E-state index is 0.157. The van der Waals surface area contributed by atoms with Gasteiger partial charge in [-0.2, -0.15) is 0 Å². The normalized spacial score (nSPS) is 15.2. The molecule has 0 saturated heterocycles. The van der Waals surface area contributed by atoms with Crippen LogP contribution >= 0.6 is 0 Å². The van der Waals surface area contributed by atoms with Gasteiger partial charge in [0.05, 0.1) is 23.3 Å². The monoisotopic (exact) mass is 547 g/mol. The Kier molecular flexibility index (Phi) is 8.47. The van der Waals surface area contributed by atoms with Crippen LogP contribution in [0.15, 0.2) is 83.9 Å². The molecule has 3 aromatic rings. The van der Waals surface area contributed by atoms with E-state index < -0.39 is 15.9 Å². The molecule has 0 bridgehead atoms. The van der Waals surface area contributed by atoms with Crippen LogP contribution in [0, 0.1) is 0 Å². The van der Waals surface area contributed by atoms with Crippen LogP contribution < -0.4 is 9.62 Å². The van der Waals surface area contributed by atoms with Gasteiger partial charge in [0.15, 0.2) is 0 Å². The second-order valence-electron chi connectivity index (χ2n) is 9.78. The maximum absolute atomic E-state index is 13.0. The van der Waals surface area contributed by atoms with E-state index in [1.807, 2.05) is 73.6 Å². The highest BCUT2D eigenvalue weighted by molar-refractivity contribution is 7.92. The van der Waals surface area contributed by atoms with Crippen LogP contribution in [0.4, 0.5) is 17.1 Å². The first kappa shape index (κ1) is 28.0. The maximum Gasteiger partial charge on any atom is 0.243 e. The molecule has 0 fully saturated rings. The summed E-state index contributed by atoms with van der Waals surface area (Å²) in [7, 11) is 1.75. The van der Waals surface area contributed by atoms with Gasteiger partial charge in [-0.25, -0.2) is 8.42 Å². The number of amides is 2. The molecule has 0 spiro atoms. The van der Waals surface area contributed by atoms with Gasteiger partial charge in [0.1, 0.15) is 12.5 Å². The summed E-state index contributed by atoms with van der Waals surface area (Å²) in [4.78, 5) is 34.1. The number of sulfonamides is 1. The van der Waals surface area contributed by atoms with Crippen molar-refractivity contribution in [1.29, 1.82) is 0 Å². The summed E-state index contributed by atoms with van der Waals surface area (Å²) < 4.78 is 26.3. The fourth-order valence-corrected chi connectivity index (χ4v) is 5.19. The van der Waals surface area contributed by atoms with Gasteiger partial charge in [0.2, 0.25) is 21.8 Å². The van der Waals surface area contributed by atoms with Gasteiger partial charge in [0.25, 0.3) is 0 Å². The average Bonchev–Trinajstić information content (AvgIpc) is 3.24. The number of hydrogen-bond donors (Lipinski definition) is 1. The number of para-hydroxylation sites is 1. The molecule has 0 aliphatic carbocycles. The third-order valence-corrected chi connectivity index (χ3v) is 7.65. The Balaban J connectivity index is 1.65. The SMILES string of the molecule is CN(C)CCN(C)C(=O)CN(c1ccc(N=C(c2ccccc2)C2C(=O)Nc3ccccc32)cc1)S(C)(=O)=O. The molecule has 0 radical (unpaired) electrons. The molecular weight excluding hydrogens is 514 g/mol. The average molecular weight is 548 g/mol. The van der Waals surface area contributed by atoms with Crippen molar-refractivity contribution in [2.75, 3.05) is 56.7 Å². The molecule has 204 valence electrons. The zero-order valence-electron chi connectivity index (χ0n) is 22.5. The largest absolute Gasteiger partial charge is 0.343 e. The fraction of sp³-hybridized carbons (Fsp3) is 0.276. The number of benzene rings is 3. The lowest BCUT2D eigenvalue weighted by Gasteiger charge is -2.26. The zero-order chi connectivity index (χ0) is 28.2. The van der Waals surface area contributed by atoms with Crippen LogP contribution in [0.25, 0.3) is 0 Å². The number of nitrogens with one attached hydrogen (secondary N) is 1. The van der Waals surface area contributed by atoms with Crippen LogP contribution in [-0.4, -0.2) is 82.8 Å². The smallest absolute Gasteiger partial charge is 0.243 e. The molecule has 1 aliphatic rings. The Morgan fingerprint density at radius 3 is 2.18 bits per heavy atom. The fourth-order valence-electron chi connectivity index (χ4n) is 4.34. The minimum atomic E-state index is -3.72. The van der Waals surface area contributed by atoms with Gasteiger partial charge in [-0.1, -0.05) is 48.5 Å². The highest BCUT2D eigenvalue weighted by Crippen LogP contribution is 2.36. The highest BCUT2D eigenvalue weighted by atomic mass is 32.2. The third-order valence-electron chi connectivity index (χ3n) is 6.51. The lowest BCUT2D eigenvalue weighted by molar-refractivity contribution is -0.128. The van der Waals surface area contributed by atoms with E-state index in [4.69, 9.17) is 4.99 Å². The lowest BCUT2D eigenvalue weighted by Crippen LogP contribution is -2.43. The van der Waals surface area contributed by atoms with Crippen molar-refractivity contribution < 1.29 is 18.0 Å². The molecule has 10 heteroatoms. The third kappa shape index (κ3) is 6.71. The van der Waals surface area contributed by atoms with Crippen LogP contribution in [-0.2, 0) is 19.6 Å². The van der Waals surface area contributed by atoms with Gasteiger partial charge >= 0.3 is 0 Å². The predicted molar refractivity (Wildman–Crippen MR) is 155 cm³/mol. The second-order valence-corrected chi connectivity index (χ2v) is 11.7. The Labute approximate surface area is 229 Å². The topological polar surface area (TPSA) is 102 Å². The molecule has 1 aliphatic heterocycles. The molecule has 4 rings (SSSR count). The second kappa shape index (κ2) is 11.8. The number of anilines is 2. The number of carbonyl (C=O) groups excluding carboxylic acids is 2. The number of carbonyl (C=O) groups is 2. The molecular formula is C29H33N5O4S. The standard InChI is InChI=1S/C29H33N5O4S/c1-32(2)18-19-33(3)26(35)20-34(39(4,37)38)23-16-14-22(15-17-23)30-28(21-10-6-5-7-11-21)27-24-12-8-9-13-25(24)31-29(27)36/h5-17,27H,18-20H2,1-4H3,(H,31,36). The molecule has 39 heavy (non-hydrogen) atoms. The van der Waals surface area contributed by atoms with Crippen molar-refractivity contribution in [3.05, 3.63) is 90.0 Å². The summed E-state index contributed by atoms with van der Waals surface area (Å²) >= 11 is 0. The summed E-state index contributed by atoms with van der Waals surface area (Å²) in [5.74, 6) is -1.05. The van der Waals surface area contributed by atoms with Crippen molar-refractivity contribution in [2.45, 2.75) is 5.92 Å². The molecule has 9 nitrogen and oxygen atoms in total. The number of nitrogens with zero attached hydrogens (tertiary/aromatic N) is 4. The molecule has 1 unspecified atom stereocenters. The van der Waals surface area contributed by atoms with Gasteiger partial charge in [0, 0.05) is 25.8 Å². The Morgan fingerprint density at radius 2 is 1.54 bits per heavy atom. The first-order valence-electron chi connectivity index (χ1n) is 12.5. The predicted octanol–water partition coefficient (Wildman–Crippen LogP) is 3.33. The maximum atomic E-state index is 13.0. The van der Waals surface area contributed by atoms with E-state index in [-0.39, 0.29) is 18.4 Å². The Bertz CT molecular complexity index is 1470. The van der Waals surface area contributed by atoms with E-state index in [1.54, 1.807) is 31.3 Å². The van der Waals surface area contributed by atoms with Gasteiger partial charge < -0.3 is 15.1 Å². The Morgan fingerprint density at radius 1 is 0.897 bits per heavy atom. The van der Waals surface area contributed by atoms with Crippen molar-refractivity contribution >= 4 is 44.6 Å². The molecule has 1 N–H and O–H groups in total. The van der Waals surface area contributed by atoms with E-state index in [2.05, 4.69) is 5.32 Å². The minimum Gasteiger partial charge on any atom is -0.343 e. The summed E-state index contributed by atoms with van der Waals surface area (Å²) in [6.07, 6.45) is 1.08. The van der Waals surface area contributed by atoms with Crippen molar-refractivity contribution in [1.82, 2.24) is 9.80 Å². The first-order chi connectivity index (χ1) is 18.5. The van der Waals surface area contributed by atoms with Crippen LogP contribution in [0.3, 0.4) is 0 Å². The van der Waals surface area contributed by atoms with Crippen molar-refractivity contribution in [2.24, 2.45) is 4.99 Å². The van der Waals surface area contributed by atoms with Crippen LogP contribution in [0.5, 0.6) is 0 Å². The molecule has 1 atom stereocenters. The van der Waals surface area contributed by atoms with E-state index in [9.17, 15) is 18.0 Å². The van der Waals surface area contributed by atoms with E-state index in [1.165, 1.54) is 4.90 Å². The van der Waals surface area contributed by atoms with Crippen molar-refractivity contribution in [3.63, 3.8) is 0 Å². The van der Waals surface area contributed by atoms with Crippen molar-refractivity contribution in [3.8, 4) is 0 Å². The summed E-state index contributed by atoms with van der Waals surface area (Å²) in [6.45, 7) is 0.845. The number of rotatable bonds is 10. The Hall–Kier alpha value is -4.02. The van der Waals surface area contributed by atoms with Gasteiger partial charge in [-0.3, -0.25) is 18.9 Å². The van der Waals surface area contributed by atoms with E-state index >= 15 is 0 Å². The molecule has 0 saturated carbocycles. The number of hydrogen-bond acceptors (Lipinski definition) is 6. The van der Waals surface area contributed by atoms with Gasteiger partial charge in [-0.15, -0.1) is 0 Å². The first-order valence-corrected chi connectivity index (χ1v) is 14.4. The van der Waals surface area contributed by atoms with Crippen LogP contribution in [0.1, 0.15) is 17.0 Å². The highest BCUT2D eigenvalue weighted by Gasteiger charge is 2.35. The molecule has 1 heterocycles. The van der Waals surface area contributed by atoms with Crippen LogP contribution in [0.2, 0.25) is 0 Å². The number of aliphatic imine (C=N–C) groups is 1. The summed E-state index contributed by atoms with van der Waals surface area (Å²) in [6, 6.07) is 23.7. The summed E-state index contributed by atoms with van der Waals surface area (Å²) in [5.41, 5.74) is 3.91. The van der Waals surface area contributed by atoms with Gasteiger partial charge in [-0.05, 0) is 55.6 Å². The number of likely N-dealkylation sites (N-methyl/N-ethyl adjacent to an activating group) is 2. The zero-order valence-corrected chi connectivity index (χ0v) is 23.4. The number of fused-ring (bicyclic) bond motifs is 1. The van der Waals surface area contributed by atoms with E-state index in [0.717, 1.165) is 27.4 Å². The summed E-state index contributed by atoms with van der Waals surface area (Å²) in [5, 5.41) is 2.93. The lowest BCUT2D eigenvalue weighted by atomic mass is 9.90. The molecule has 3 aromatic carbocycles. The quantitative estimate of drug-likeness (QED) is 0.393. The molecule has 2 amide bonds. The van der Waals surface area contributed by atoms with E-state index in [0.29, 0.717) is 30.2 Å². The molecule has 0 aromatic heterocycles.